The third kappa shape index (κ3) is 5.53. The second-order valence-electron chi connectivity index (χ2n) is 4.86. The summed E-state index contributed by atoms with van der Waals surface area (Å²) in [7, 11) is 1.60. The molecule has 0 aliphatic heterocycles. The lowest BCUT2D eigenvalue weighted by atomic mass is 10.3. The van der Waals surface area contributed by atoms with E-state index >= 15 is 0 Å². The normalized spacial score (nSPS) is 11.6. The van der Waals surface area contributed by atoms with E-state index < -0.39 is 0 Å². The molecule has 2 aromatic carbocycles. The minimum atomic E-state index is -0.149. The Labute approximate surface area is 141 Å². The van der Waals surface area contributed by atoms with Crippen LogP contribution in [0.4, 0.5) is 0 Å². The van der Waals surface area contributed by atoms with E-state index in [9.17, 15) is 4.79 Å². The van der Waals surface area contributed by atoms with Crippen LogP contribution in [0, 0.1) is 0 Å². The summed E-state index contributed by atoms with van der Waals surface area (Å²) in [5.74, 6) is 1.37. The van der Waals surface area contributed by atoms with Crippen molar-refractivity contribution >= 4 is 17.7 Å². The van der Waals surface area contributed by atoms with Gasteiger partial charge in [-0.3, -0.25) is 4.79 Å². The fraction of sp³-hybridized carbons (Fsp3) is 0.278. The van der Waals surface area contributed by atoms with Gasteiger partial charge in [0.25, 0.3) is 0 Å². The summed E-state index contributed by atoms with van der Waals surface area (Å²) >= 11 is 1.54. The van der Waals surface area contributed by atoms with E-state index in [-0.39, 0.29) is 11.2 Å². The van der Waals surface area contributed by atoms with E-state index in [1.165, 1.54) is 11.8 Å². The zero-order valence-electron chi connectivity index (χ0n) is 13.3. The van der Waals surface area contributed by atoms with Crippen LogP contribution < -0.4 is 14.8 Å². The van der Waals surface area contributed by atoms with Crippen molar-refractivity contribution in [2.75, 3.05) is 20.3 Å². The molecule has 4 nitrogen and oxygen atoms in total. The first-order chi connectivity index (χ1) is 11.2. The summed E-state index contributed by atoms with van der Waals surface area (Å²) in [6.45, 7) is 2.75. The summed E-state index contributed by atoms with van der Waals surface area (Å²) in [6, 6.07) is 17.3. The van der Waals surface area contributed by atoms with Gasteiger partial charge in [-0.15, -0.1) is 11.8 Å². The van der Waals surface area contributed by atoms with Crippen molar-refractivity contribution in [3.63, 3.8) is 0 Å². The fourth-order valence-electron chi connectivity index (χ4n) is 1.97. The van der Waals surface area contributed by atoms with Gasteiger partial charge in [0, 0.05) is 4.90 Å². The third-order valence-corrected chi connectivity index (χ3v) is 4.27. The molecule has 0 spiro atoms. The fourth-order valence-corrected chi connectivity index (χ4v) is 2.89. The molecule has 122 valence electrons. The van der Waals surface area contributed by atoms with Crippen molar-refractivity contribution < 1.29 is 14.3 Å². The molecule has 0 saturated carbocycles. The van der Waals surface area contributed by atoms with E-state index in [0.717, 1.165) is 4.90 Å². The van der Waals surface area contributed by atoms with Gasteiger partial charge in [0.2, 0.25) is 5.91 Å². The highest BCUT2D eigenvalue weighted by atomic mass is 32.2. The highest BCUT2D eigenvalue weighted by Crippen LogP contribution is 2.25. The molecule has 0 heterocycles. The zero-order valence-corrected chi connectivity index (χ0v) is 14.1. The number of nitrogens with one attached hydrogen (secondary N) is 1. The SMILES string of the molecule is COc1ccccc1OCCNC(=O)[C@@H](C)Sc1ccccc1. The van der Waals surface area contributed by atoms with Gasteiger partial charge in [0.05, 0.1) is 18.9 Å². The first kappa shape index (κ1) is 17.2. The van der Waals surface area contributed by atoms with Gasteiger partial charge in [-0.25, -0.2) is 0 Å². The van der Waals surface area contributed by atoms with E-state index in [1.807, 2.05) is 61.5 Å². The second kappa shape index (κ2) is 9.10. The maximum absolute atomic E-state index is 12.1. The molecule has 0 saturated heterocycles. The molecule has 5 heteroatoms. The Morgan fingerprint density at radius 2 is 1.74 bits per heavy atom. The van der Waals surface area contributed by atoms with Crippen LogP contribution in [0.3, 0.4) is 0 Å². The van der Waals surface area contributed by atoms with Crippen LogP contribution >= 0.6 is 11.8 Å². The molecule has 0 aromatic heterocycles. The molecule has 0 radical (unpaired) electrons. The zero-order chi connectivity index (χ0) is 16.5. The van der Waals surface area contributed by atoms with Crippen molar-refractivity contribution in [1.82, 2.24) is 5.32 Å². The van der Waals surface area contributed by atoms with Crippen LogP contribution in [0.1, 0.15) is 6.92 Å². The average molecular weight is 331 g/mol. The largest absolute Gasteiger partial charge is 0.493 e. The summed E-state index contributed by atoms with van der Waals surface area (Å²) in [6.07, 6.45) is 0. The summed E-state index contributed by atoms with van der Waals surface area (Å²) < 4.78 is 10.8. The smallest absolute Gasteiger partial charge is 0.233 e. The molecule has 2 rings (SSSR count). The Balaban J connectivity index is 1.72. The van der Waals surface area contributed by atoms with Gasteiger partial charge in [0.15, 0.2) is 11.5 Å². The number of ether oxygens (including phenoxy) is 2. The Morgan fingerprint density at radius 1 is 1.09 bits per heavy atom. The Hall–Kier alpha value is -2.14. The Kier molecular flexibility index (Phi) is 6.81. The average Bonchev–Trinajstić information content (AvgIpc) is 2.59. The third-order valence-electron chi connectivity index (χ3n) is 3.15. The lowest BCUT2D eigenvalue weighted by Gasteiger charge is -2.13. The van der Waals surface area contributed by atoms with Gasteiger partial charge in [-0.1, -0.05) is 30.3 Å². The molecule has 1 amide bonds. The number of amides is 1. The van der Waals surface area contributed by atoms with Gasteiger partial charge in [-0.05, 0) is 31.2 Å². The van der Waals surface area contributed by atoms with Crippen molar-refractivity contribution in [2.45, 2.75) is 17.1 Å². The highest BCUT2D eigenvalue weighted by Gasteiger charge is 2.13. The van der Waals surface area contributed by atoms with Gasteiger partial charge in [-0.2, -0.15) is 0 Å². The number of para-hydroxylation sites is 2. The van der Waals surface area contributed by atoms with Crippen molar-refractivity contribution in [3.05, 3.63) is 54.6 Å². The number of hydrogen-bond acceptors (Lipinski definition) is 4. The first-order valence-electron chi connectivity index (χ1n) is 7.46. The lowest BCUT2D eigenvalue weighted by molar-refractivity contribution is -0.120. The minimum absolute atomic E-state index is 0.00230. The molecule has 0 aliphatic carbocycles. The van der Waals surface area contributed by atoms with Crippen LogP contribution in [-0.2, 0) is 4.79 Å². The topological polar surface area (TPSA) is 47.6 Å². The molecule has 1 N–H and O–H groups in total. The predicted molar refractivity (Wildman–Crippen MR) is 93.3 cm³/mol. The van der Waals surface area contributed by atoms with Crippen LogP contribution in [0.5, 0.6) is 11.5 Å². The van der Waals surface area contributed by atoms with Gasteiger partial charge < -0.3 is 14.8 Å². The number of methoxy groups -OCH3 is 1. The van der Waals surface area contributed by atoms with Crippen LogP contribution in [0.15, 0.2) is 59.5 Å². The van der Waals surface area contributed by atoms with Crippen molar-refractivity contribution in [1.29, 1.82) is 0 Å². The van der Waals surface area contributed by atoms with Crippen molar-refractivity contribution in [3.8, 4) is 11.5 Å². The number of thioether (sulfide) groups is 1. The Morgan fingerprint density at radius 3 is 2.43 bits per heavy atom. The quantitative estimate of drug-likeness (QED) is 0.595. The molecule has 0 bridgehead atoms. The lowest BCUT2D eigenvalue weighted by Crippen LogP contribution is -2.33. The molecule has 0 aliphatic rings. The molecule has 0 unspecified atom stereocenters. The van der Waals surface area contributed by atoms with Crippen LogP contribution in [0.2, 0.25) is 0 Å². The van der Waals surface area contributed by atoms with Crippen molar-refractivity contribution in [2.24, 2.45) is 0 Å². The molecular weight excluding hydrogens is 310 g/mol. The van der Waals surface area contributed by atoms with E-state index in [1.54, 1.807) is 7.11 Å². The summed E-state index contributed by atoms with van der Waals surface area (Å²) in [5.41, 5.74) is 0. The number of hydrogen-bond donors (Lipinski definition) is 1. The number of carbonyl (C=O) groups excluding carboxylic acids is 1. The maximum Gasteiger partial charge on any atom is 0.233 e. The van der Waals surface area contributed by atoms with E-state index in [2.05, 4.69) is 5.32 Å². The molecule has 2 aromatic rings. The highest BCUT2D eigenvalue weighted by molar-refractivity contribution is 8.00. The molecule has 1 atom stereocenters. The number of benzene rings is 2. The predicted octanol–water partition coefficient (Wildman–Crippen LogP) is 3.37. The Bertz CT molecular complexity index is 619. The summed E-state index contributed by atoms with van der Waals surface area (Å²) in [4.78, 5) is 13.2. The maximum atomic E-state index is 12.1. The molecular formula is C18H21NO3S. The minimum Gasteiger partial charge on any atom is -0.493 e. The van der Waals surface area contributed by atoms with E-state index in [4.69, 9.17) is 9.47 Å². The summed E-state index contributed by atoms with van der Waals surface area (Å²) in [5, 5.41) is 2.74. The number of carbonyl (C=O) groups is 1. The van der Waals surface area contributed by atoms with E-state index in [0.29, 0.717) is 24.7 Å². The standard InChI is InChI=1S/C18H21NO3S/c1-14(23-15-8-4-3-5-9-15)18(20)19-12-13-22-17-11-7-6-10-16(17)21-2/h3-11,14H,12-13H2,1-2H3,(H,19,20)/t14-/m1/s1. The second-order valence-corrected chi connectivity index (χ2v) is 6.28. The monoisotopic (exact) mass is 331 g/mol. The van der Waals surface area contributed by atoms with Crippen LogP contribution in [0.25, 0.3) is 0 Å². The molecule has 0 fully saturated rings. The van der Waals surface area contributed by atoms with Gasteiger partial charge in [0.1, 0.15) is 6.61 Å². The number of rotatable bonds is 8. The van der Waals surface area contributed by atoms with Gasteiger partial charge >= 0.3 is 0 Å². The molecule has 23 heavy (non-hydrogen) atoms. The first-order valence-corrected chi connectivity index (χ1v) is 8.34. The van der Waals surface area contributed by atoms with Crippen LogP contribution in [-0.4, -0.2) is 31.4 Å².